The Bertz CT molecular complexity index is 471. The first-order valence-electron chi connectivity index (χ1n) is 8.14. The van der Waals surface area contributed by atoms with Gasteiger partial charge in [-0.15, -0.1) is 0 Å². The molecule has 0 N–H and O–H groups in total. The summed E-state index contributed by atoms with van der Waals surface area (Å²) in [6.45, 7) is 4.53. The van der Waals surface area contributed by atoms with Crippen molar-refractivity contribution in [2.75, 3.05) is 0 Å². The Labute approximate surface area is 122 Å². The quantitative estimate of drug-likeness (QED) is 0.603. The van der Waals surface area contributed by atoms with Crippen molar-refractivity contribution >= 4 is 5.52 Å². The molecule has 3 heteroatoms. The molecule has 110 valence electrons. The number of hydrogen-bond acceptors (Lipinski definition) is 2. The second-order valence-electron chi connectivity index (χ2n) is 5.70. The van der Waals surface area contributed by atoms with Gasteiger partial charge in [0.1, 0.15) is 0 Å². The predicted octanol–water partition coefficient (Wildman–Crippen LogP) is 4.97. The molecule has 0 aliphatic heterocycles. The third-order valence-electron chi connectivity index (χ3n) is 4.01. The van der Waals surface area contributed by atoms with Crippen molar-refractivity contribution in [2.24, 2.45) is 0 Å². The minimum Gasteiger partial charge on any atom is -0.261 e. The molecule has 1 unspecified atom stereocenters. The van der Waals surface area contributed by atoms with E-state index in [4.69, 9.17) is 5.10 Å². The molecule has 0 aromatic carbocycles. The predicted molar refractivity (Wildman–Crippen MR) is 84.0 cm³/mol. The zero-order valence-corrected chi connectivity index (χ0v) is 12.9. The molecule has 0 aliphatic rings. The van der Waals surface area contributed by atoms with E-state index in [0.29, 0.717) is 5.92 Å². The summed E-state index contributed by atoms with van der Waals surface area (Å²) in [5.41, 5.74) is 2.36. The Hall–Kier alpha value is -1.38. The minimum absolute atomic E-state index is 0.617. The van der Waals surface area contributed by atoms with Gasteiger partial charge in [0, 0.05) is 18.3 Å². The van der Waals surface area contributed by atoms with Crippen LogP contribution in [0.15, 0.2) is 24.7 Å². The zero-order chi connectivity index (χ0) is 14.2. The van der Waals surface area contributed by atoms with Crippen LogP contribution in [0.3, 0.4) is 0 Å². The molecule has 0 aliphatic carbocycles. The summed E-state index contributed by atoms with van der Waals surface area (Å²) in [7, 11) is 0. The summed E-state index contributed by atoms with van der Waals surface area (Å²) in [6, 6.07) is 2.22. The van der Waals surface area contributed by atoms with Crippen molar-refractivity contribution in [3.05, 3.63) is 30.4 Å². The van der Waals surface area contributed by atoms with Crippen LogP contribution in [0.25, 0.3) is 5.52 Å². The van der Waals surface area contributed by atoms with Crippen molar-refractivity contribution in [3.8, 4) is 0 Å². The highest BCUT2D eigenvalue weighted by Gasteiger charge is 2.14. The first-order chi connectivity index (χ1) is 9.85. The highest BCUT2D eigenvalue weighted by Crippen LogP contribution is 2.27. The SMILES string of the molecule is CCCCCCC(CCCC)c1cc2cnccn2n1. The van der Waals surface area contributed by atoms with Gasteiger partial charge in [-0.2, -0.15) is 5.10 Å². The number of aromatic nitrogens is 3. The van der Waals surface area contributed by atoms with E-state index in [1.54, 1.807) is 6.20 Å². The first-order valence-corrected chi connectivity index (χ1v) is 8.14. The minimum atomic E-state index is 0.617. The van der Waals surface area contributed by atoms with Crippen molar-refractivity contribution < 1.29 is 0 Å². The van der Waals surface area contributed by atoms with Crippen molar-refractivity contribution in [1.29, 1.82) is 0 Å². The molecule has 2 rings (SSSR count). The van der Waals surface area contributed by atoms with Crippen LogP contribution in [-0.4, -0.2) is 14.6 Å². The molecule has 0 bridgehead atoms. The third kappa shape index (κ3) is 4.06. The summed E-state index contributed by atoms with van der Waals surface area (Å²) >= 11 is 0. The van der Waals surface area contributed by atoms with Gasteiger partial charge in [-0.25, -0.2) is 4.52 Å². The maximum absolute atomic E-state index is 4.74. The Morgan fingerprint density at radius 2 is 1.85 bits per heavy atom. The van der Waals surface area contributed by atoms with Crippen LogP contribution < -0.4 is 0 Å². The fourth-order valence-electron chi connectivity index (χ4n) is 2.77. The molecule has 20 heavy (non-hydrogen) atoms. The van der Waals surface area contributed by atoms with E-state index in [9.17, 15) is 0 Å². The lowest BCUT2D eigenvalue weighted by atomic mass is 9.92. The van der Waals surface area contributed by atoms with Gasteiger partial charge in [-0.3, -0.25) is 4.98 Å². The van der Waals surface area contributed by atoms with Gasteiger partial charge in [-0.05, 0) is 18.9 Å². The molecular weight excluding hydrogens is 246 g/mol. The number of hydrogen-bond donors (Lipinski definition) is 0. The molecule has 0 saturated heterocycles. The van der Waals surface area contributed by atoms with E-state index in [1.807, 2.05) is 16.9 Å². The molecular formula is C17H27N3. The number of unbranched alkanes of at least 4 members (excludes halogenated alkanes) is 4. The Balaban J connectivity index is 2.04. The topological polar surface area (TPSA) is 30.2 Å². The number of fused-ring (bicyclic) bond motifs is 1. The first kappa shape index (κ1) is 15.0. The Morgan fingerprint density at radius 3 is 2.60 bits per heavy atom. The lowest BCUT2D eigenvalue weighted by Gasteiger charge is -2.13. The van der Waals surface area contributed by atoms with Crippen molar-refractivity contribution in [3.63, 3.8) is 0 Å². The van der Waals surface area contributed by atoms with Gasteiger partial charge in [-0.1, -0.05) is 52.4 Å². The van der Waals surface area contributed by atoms with Crippen LogP contribution >= 0.6 is 0 Å². The second kappa shape index (κ2) is 8.03. The van der Waals surface area contributed by atoms with Crippen LogP contribution in [0.1, 0.15) is 76.8 Å². The smallest absolute Gasteiger partial charge is 0.0847 e. The van der Waals surface area contributed by atoms with Gasteiger partial charge in [0.15, 0.2) is 0 Å². The summed E-state index contributed by atoms with van der Waals surface area (Å²) in [5, 5.41) is 4.74. The highest BCUT2D eigenvalue weighted by molar-refractivity contribution is 5.45. The molecule has 0 amide bonds. The largest absolute Gasteiger partial charge is 0.261 e. The third-order valence-corrected chi connectivity index (χ3v) is 4.01. The van der Waals surface area contributed by atoms with Gasteiger partial charge < -0.3 is 0 Å². The fraction of sp³-hybridized carbons (Fsp3) is 0.647. The van der Waals surface area contributed by atoms with E-state index in [1.165, 1.54) is 57.1 Å². The normalized spacial score (nSPS) is 12.9. The van der Waals surface area contributed by atoms with Gasteiger partial charge in [0.2, 0.25) is 0 Å². The maximum Gasteiger partial charge on any atom is 0.0847 e. The van der Waals surface area contributed by atoms with E-state index >= 15 is 0 Å². The second-order valence-corrected chi connectivity index (χ2v) is 5.70. The lowest BCUT2D eigenvalue weighted by Crippen LogP contribution is -2.01. The molecule has 3 nitrogen and oxygen atoms in total. The molecule has 1 atom stereocenters. The summed E-state index contributed by atoms with van der Waals surface area (Å²) < 4.78 is 1.95. The Morgan fingerprint density at radius 1 is 1.05 bits per heavy atom. The van der Waals surface area contributed by atoms with Crippen molar-refractivity contribution in [2.45, 2.75) is 71.1 Å². The van der Waals surface area contributed by atoms with Crippen LogP contribution in [-0.2, 0) is 0 Å². The average molecular weight is 273 g/mol. The van der Waals surface area contributed by atoms with Gasteiger partial charge in [0.25, 0.3) is 0 Å². The lowest BCUT2D eigenvalue weighted by molar-refractivity contribution is 0.498. The van der Waals surface area contributed by atoms with Crippen LogP contribution in [0, 0.1) is 0 Å². The summed E-state index contributed by atoms with van der Waals surface area (Å²) in [4.78, 5) is 4.17. The fourth-order valence-corrected chi connectivity index (χ4v) is 2.77. The molecule has 0 fully saturated rings. The highest BCUT2D eigenvalue weighted by atomic mass is 15.2. The number of rotatable bonds is 9. The van der Waals surface area contributed by atoms with Crippen LogP contribution in [0.2, 0.25) is 0 Å². The van der Waals surface area contributed by atoms with E-state index < -0.39 is 0 Å². The Kier molecular flexibility index (Phi) is 6.03. The van der Waals surface area contributed by atoms with E-state index in [2.05, 4.69) is 24.9 Å². The molecule has 0 radical (unpaired) electrons. The molecule has 0 saturated carbocycles. The summed E-state index contributed by atoms with van der Waals surface area (Å²) in [5.74, 6) is 0.617. The molecule has 0 spiro atoms. The standard InChI is InChI=1S/C17H27N3/c1-3-5-7-8-10-15(9-6-4-2)17-13-16-14-18-11-12-20(16)19-17/h11-15H,3-10H2,1-2H3. The summed E-state index contributed by atoms with van der Waals surface area (Å²) in [6.07, 6.45) is 16.1. The molecule has 2 aromatic rings. The molecule has 2 aromatic heterocycles. The van der Waals surface area contributed by atoms with Gasteiger partial charge in [0.05, 0.1) is 17.4 Å². The molecule has 2 heterocycles. The van der Waals surface area contributed by atoms with E-state index in [-0.39, 0.29) is 0 Å². The van der Waals surface area contributed by atoms with Crippen LogP contribution in [0.5, 0.6) is 0 Å². The average Bonchev–Trinajstić information content (AvgIpc) is 2.90. The van der Waals surface area contributed by atoms with E-state index in [0.717, 1.165) is 5.52 Å². The number of nitrogens with zero attached hydrogens (tertiary/aromatic N) is 3. The van der Waals surface area contributed by atoms with Gasteiger partial charge >= 0.3 is 0 Å². The zero-order valence-electron chi connectivity index (χ0n) is 12.9. The monoisotopic (exact) mass is 273 g/mol. The van der Waals surface area contributed by atoms with Crippen LogP contribution in [0.4, 0.5) is 0 Å². The van der Waals surface area contributed by atoms with Crippen molar-refractivity contribution in [1.82, 2.24) is 14.6 Å². The maximum atomic E-state index is 4.74.